The number of anilines is 2. The number of amides is 4. The summed E-state index contributed by atoms with van der Waals surface area (Å²) in [4.78, 5) is 59.9. The minimum absolute atomic E-state index is 0.0543. The summed E-state index contributed by atoms with van der Waals surface area (Å²) >= 11 is 0. The third-order valence-corrected chi connectivity index (χ3v) is 7.94. The molecule has 2 aromatic rings. The molecule has 0 radical (unpaired) electrons. The summed E-state index contributed by atoms with van der Waals surface area (Å²) in [5.74, 6) is 0.0825. The second-order valence-corrected chi connectivity index (χ2v) is 13.4. The minimum Gasteiger partial charge on any atom is -0.444 e. The van der Waals surface area contributed by atoms with Gasteiger partial charge in [-0.15, -0.1) is 0 Å². The molecule has 1 saturated heterocycles. The van der Waals surface area contributed by atoms with Crippen LogP contribution in [0.4, 0.5) is 16.3 Å². The van der Waals surface area contributed by atoms with E-state index in [2.05, 4.69) is 15.6 Å². The molecule has 1 spiro atoms. The van der Waals surface area contributed by atoms with Gasteiger partial charge in [-0.25, -0.2) is 9.78 Å². The molecule has 2 aliphatic heterocycles. The van der Waals surface area contributed by atoms with Crippen molar-refractivity contribution in [1.82, 2.24) is 14.8 Å². The molecule has 0 bridgehead atoms. The van der Waals surface area contributed by atoms with Gasteiger partial charge in [0.05, 0.1) is 11.5 Å². The van der Waals surface area contributed by atoms with E-state index in [0.717, 1.165) is 16.7 Å². The number of pyridine rings is 1. The number of aromatic nitrogens is 1. The molecule has 2 N–H and O–H groups in total. The van der Waals surface area contributed by atoms with E-state index >= 15 is 0 Å². The van der Waals surface area contributed by atoms with Gasteiger partial charge in [-0.1, -0.05) is 32.9 Å². The van der Waals surface area contributed by atoms with E-state index in [1.54, 1.807) is 16.0 Å². The topological polar surface area (TPSA) is 121 Å². The lowest BCUT2D eigenvalue weighted by Gasteiger charge is -2.34. The molecule has 10 nitrogen and oxygen atoms in total. The number of carbonyl (C=O) groups excluding carboxylic acids is 4. The van der Waals surface area contributed by atoms with Gasteiger partial charge in [0, 0.05) is 36.0 Å². The predicted molar refractivity (Wildman–Crippen MR) is 154 cm³/mol. The minimum atomic E-state index is -0.700. The SMILES string of the molecule is CC(C)(C)OC(=O)N1CC[C@H](N(CC(=O)Nc2ccc3c(c2)CC2(C3)C(=O)Nc3ncccc32)C(=O)C(C)(C)C)C1. The maximum atomic E-state index is 13.4. The van der Waals surface area contributed by atoms with Gasteiger partial charge in [-0.05, 0) is 69.4 Å². The van der Waals surface area contributed by atoms with Crippen molar-refractivity contribution in [3.63, 3.8) is 0 Å². The van der Waals surface area contributed by atoms with Gasteiger partial charge in [-0.2, -0.15) is 0 Å². The third kappa shape index (κ3) is 5.64. The van der Waals surface area contributed by atoms with Gasteiger partial charge in [0.25, 0.3) is 0 Å². The molecule has 2 atom stereocenters. The van der Waals surface area contributed by atoms with E-state index in [4.69, 9.17) is 4.74 Å². The highest BCUT2D eigenvalue weighted by molar-refractivity contribution is 6.06. The highest BCUT2D eigenvalue weighted by atomic mass is 16.6. The number of ether oxygens (including phenoxy) is 1. The Morgan fingerprint density at radius 3 is 2.56 bits per heavy atom. The van der Waals surface area contributed by atoms with Crippen LogP contribution in [-0.4, -0.2) is 69.9 Å². The highest BCUT2D eigenvalue weighted by Crippen LogP contribution is 2.47. The van der Waals surface area contributed by atoms with E-state index in [-0.39, 0.29) is 30.3 Å². The molecule has 4 amide bonds. The average Bonchev–Trinajstić information content (AvgIpc) is 3.57. The van der Waals surface area contributed by atoms with Crippen molar-refractivity contribution in [1.29, 1.82) is 0 Å². The van der Waals surface area contributed by atoms with Crippen molar-refractivity contribution < 1.29 is 23.9 Å². The molecular weight excluding hydrogens is 522 g/mol. The zero-order valence-electron chi connectivity index (χ0n) is 24.7. The van der Waals surface area contributed by atoms with Crippen LogP contribution in [0, 0.1) is 5.41 Å². The van der Waals surface area contributed by atoms with Crippen molar-refractivity contribution in [3.05, 3.63) is 53.2 Å². The first-order valence-electron chi connectivity index (χ1n) is 14.1. The first-order chi connectivity index (χ1) is 19.2. The van der Waals surface area contributed by atoms with Gasteiger partial charge >= 0.3 is 6.09 Å². The third-order valence-electron chi connectivity index (χ3n) is 7.94. The van der Waals surface area contributed by atoms with E-state index in [9.17, 15) is 19.2 Å². The van der Waals surface area contributed by atoms with Gasteiger partial charge in [0.1, 0.15) is 18.0 Å². The molecule has 10 heteroatoms. The van der Waals surface area contributed by atoms with Gasteiger partial charge in [0.2, 0.25) is 17.7 Å². The molecule has 1 aromatic carbocycles. The van der Waals surface area contributed by atoms with Crippen LogP contribution < -0.4 is 10.6 Å². The Balaban J connectivity index is 1.28. The van der Waals surface area contributed by atoms with Crippen LogP contribution in [0.3, 0.4) is 0 Å². The lowest BCUT2D eigenvalue weighted by Crippen LogP contribution is -2.50. The summed E-state index contributed by atoms with van der Waals surface area (Å²) in [6.45, 7) is 11.5. The van der Waals surface area contributed by atoms with Crippen LogP contribution in [-0.2, 0) is 37.4 Å². The summed E-state index contributed by atoms with van der Waals surface area (Å²) in [6.07, 6.45) is 2.91. The molecule has 218 valence electrons. The van der Waals surface area contributed by atoms with Crippen LogP contribution in [0.2, 0.25) is 0 Å². The zero-order chi connectivity index (χ0) is 29.7. The first-order valence-corrected chi connectivity index (χ1v) is 14.1. The molecular formula is C31H39N5O5. The van der Waals surface area contributed by atoms with Crippen molar-refractivity contribution in [2.24, 2.45) is 5.41 Å². The lowest BCUT2D eigenvalue weighted by molar-refractivity contribution is -0.144. The fraction of sp³-hybridized carbons (Fsp3) is 0.516. The number of rotatable bonds is 4. The molecule has 3 heterocycles. The summed E-state index contributed by atoms with van der Waals surface area (Å²) in [6, 6.07) is 9.20. The van der Waals surface area contributed by atoms with Crippen LogP contribution in [0.5, 0.6) is 0 Å². The van der Waals surface area contributed by atoms with Crippen molar-refractivity contribution in [2.45, 2.75) is 77.9 Å². The van der Waals surface area contributed by atoms with Gasteiger partial charge in [0.15, 0.2) is 0 Å². The fourth-order valence-electron chi connectivity index (χ4n) is 5.99. The van der Waals surface area contributed by atoms with Gasteiger partial charge < -0.3 is 25.2 Å². The quantitative estimate of drug-likeness (QED) is 0.584. The number of carbonyl (C=O) groups is 4. The van der Waals surface area contributed by atoms with Crippen molar-refractivity contribution >= 4 is 35.3 Å². The number of benzene rings is 1. The number of fused-ring (bicyclic) bond motifs is 3. The molecule has 0 saturated carbocycles. The van der Waals surface area contributed by atoms with Crippen molar-refractivity contribution in [2.75, 3.05) is 30.3 Å². The molecule has 1 fully saturated rings. The van der Waals surface area contributed by atoms with E-state index < -0.39 is 22.5 Å². The number of hydrogen-bond donors (Lipinski definition) is 2. The number of nitrogens with one attached hydrogen (secondary N) is 2. The number of likely N-dealkylation sites (tertiary alicyclic amines) is 1. The molecule has 1 aromatic heterocycles. The van der Waals surface area contributed by atoms with E-state index in [0.29, 0.717) is 43.9 Å². The van der Waals surface area contributed by atoms with E-state index in [1.807, 2.05) is 71.9 Å². The molecule has 1 unspecified atom stereocenters. The standard InChI is InChI=1S/C31H39N5O5/c1-29(2,3)27(39)36(22-11-13-35(17-22)28(40)41-30(4,5)6)18-24(37)33-21-10-9-19-15-31(16-20(19)14-21)23-8-7-12-32-25(23)34-26(31)38/h7-10,12,14,22H,11,13,15-18H2,1-6H3,(H,33,37)(H,32,34,38)/t22-,31?/m0/s1. The Morgan fingerprint density at radius 2 is 1.85 bits per heavy atom. The number of hydrogen-bond acceptors (Lipinski definition) is 6. The molecule has 3 aliphatic rings. The summed E-state index contributed by atoms with van der Waals surface area (Å²) in [5.41, 5.74) is 1.57. The summed E-state index contributed by atoms with van der Waals surface area (Å²) in [7, 11) is 0. The van der Waals surface area contributed by atoms with Crippen LogP contribution in [0.1, 0.15) is 64.7 Å². The van der Waals surface area contributed by atoms with Crippen LogP contribution >= 0.6 is 0 Å². The van der Waals surface area contributed by atoms with Crippen molar-refractivity contribution in [3.8, 4) is 0 Å². The Hall–Kier alpha value is -3.95. The Bertz CT molecular complexity index is 1410. The summed E-state index contributed by atoms with van der Waals surface area (Å²) in [5, 5.41) is 5.87. The van der Waals surface area contributed by atoms with Gasteiger partial charge in [-0.3, -0.25) is 14.4 Å². The Labute approximate surface area is 240 Å². The Kier molecular flexibility index (Phi) is 7.07. The summed E-state index contributed by atoms with van der Waals surface area (Å²) < 4.78 is 5.51. The Morgan fingerprint density at radius 1 is 1.12 bits per heavy atom. The molecule has 1 aliphatic carbocycles. The molecule has 41 heavy (non-hydrogen) atoms. The predicted octanol–water partition coefficient (Wildman–Crippen LogP) is 3.89. The lowest BCUT2D eigenvalue weighted by atomic mass is 9.79. The van der Waals surface area contributed by atoms with Crippen LogP contribution in [0.25, 0.3) is 0 Å². The molecule has 5 rings (SSSR count). The fourth-order valence-corrected chi connectivity index (χ4v) is 5.99. The monoisotopic (exact) mass is 561 g/mol. The largest absolute Gasteiger partial charge is 0.444 e. The average molecular weight is 562 g/mol. The number of nitrogens with zero attached hydrogens (tertiary/aromatic N) is 3. The first kappa shape index (κ1) is 28.6. The zero-order valence-corrected chi connectivity index (χ0v) is 24.7. The maximum absolute atomic E-state index is 13.4. The second-order valence-electron chi connectivity index (χ2n) is 13.4. The van der Waals surface area contributed by atoms with Crippen LogP contribution in [0.15, 0.2) is 36.5 Å². The second kappa shape index (κ2) is 10.2. The maximum Gasteiger partial charge on any atom is 0.410 e. The normalized spacial score (nSPS) is 21.4. The van der Waals surface area contributed by atoms with E-state index in [1.165, 1.54) is 0 Å². The smallest absolute Gasteiger partial charge is 0.410 e. The highest BCUT2D eigenvalue weighted by Gasteiger charge is 2.51.